The molecule has 2 heterocycles. The molecule has 0 saturated carbocycles. The van der Waals surface area contributed by atoms with Crippen LogP contribution >= 0.6 is 0 Å². The Morgan fingerprint density at radius 3 is 2.17 bits per heavy atom. The maximum Gasteiger partial charge on any atom is 0.0173 e. The van der Waals surface area contributed by atoms with Crippen LogP contribution in [0.4, 0.5) is 0 Å². The minimum Gasteiger partial charge on any atom is -0.328 e. The zero-order valence-electron chi connectivity index (χ0n) is 8.19. The second-order valence-electron chi connectivity index (χ2n) is 5.27. The molecule has 2 saturated heterocycles. The highest BCUT2D eigenvalue weighted by atomic mass is 15.1. The molecule has 0 unspecified atom stereocenters. The van der Waals surface area contributed by atoms with Gasteiger partial charge in [0.25, 0.3) is 0 Å². The van der Waals surface area contributed by atoms with Gasteiger partial charge in [0.05, 0.1) is 0 Å². The molecule has 2 rings (SSSR count). The zero-order chi connectivity index (χ0) is 8.82. The van der Waals surface area contributed by atoms with Crippen molar-refractivity contribution in [3.63, 3.8) is 0 Å². The largest absolute Gasteiger partial charge is 0.328 e. The number of piperidine rings is 2. The molecule has 2 heteroatoms. The van der Waals surface area contributed by atoms with Crippen LogP contribution in [0.5, 0.6) is 0 Å². The van der Waals surface area contributed by atoms with Gasteiger partial charge in [0.2, 0.25) is 0 Å². The van der Waals surface area contributed by atoms with Crippen molar-refractivity contribution >= 4 is 0 Å². The lowest BCUT2D eigenvalue weighted by molar-refractivity contribution is 0.0801. The molecule has 0 aromatic rings. The van der Waals surface area contributed by atoms with Gasteiger partial charge >= 0.3 is 0 Å². The van der Waals surface area contributed by atoms with Crippen molar-refractivity contribution in [3.8, 4) is 0 Å². The average Bonchev–Trinajstić information content (AvgIpc) is 1.79. The fraction of sp³-hybridized carbons (Fsp3) is 1.00. The second kappa shape index (κ2) is 2.46. The molecule has 2 aliphatic rings. The van der Waals surface area contributed by atoms with E-state index in [0.717, 1.165) is 12.8 Å². The molecule has 0 spiro atoms. The summed E-state index contributed by atoms with van der Waals surface area (Å²) in [6.07, 6.45) is 6.28. The Labute approximate surface area is 74.9 Å². The van der Waals surface area contributed by atoms with Crippen molar-refractivity contribution in [2.24, 2.45) is 5.73 Å². The van der Waals surface area contributed by atoms with E-state index in [1.807, 2.05) is 0 Å². The van der Waals surface area contributed by atoms with Crippen molar-refractivity contribution in [3.05, 3.63) is 0 Å². The molecule has 2 fully saturated rings. The lowest BCUT2D eigenvalue weighted by Crippen LogP contribution is -2.65. The Morgan fingerprint density at radius 1 is 1.17 bits per heavy atom. The van der Waals surface area contributed by atoms with E-state index in [4.69, 9.17) is 5.73 Å². The monoisotopic (exact) mass is 168 g/mol. The summed E-state index contributed by atoms with van der Waals surface area (Å²) in [5.41, 5.74) is 6.73. The fourth-order valence-electron chi connectivity index (χ4n) is 3.26. The number of rotatable bonds is 0. The zero-order valence-corrected chi connectivity index (χ0v) is 8.19. The summed E-state index contributed by atoms with van der Waals surface area (Å²) in [6.45, 7) is 4.65. The van der Waals surface area contributed by atoms with Crippen LogP contribution in [0.1, 0.15) is 46.0 Å². The smallest absolute Gasteiger partial charge is 0.0173 e. The van der Waals surface area contributed by atoms with Crippen LogP contribution in [0.15, 0.2) is 0 Å². The molecule has 0 aliphatic carbocycles. The number of hydrogen-bond donors (Lipinski definition) is 2. The van der Waals surface area contributed by atoms with Crippen LogP contribution < -0.4 is 11.1 Å². The maximum absolute atomic E-state index is 6.06. The first-order valence-corrected chi connectivity index (χ1v) is 5.06. The first-order chi connectivity index (χ1) is 5.52. The molecule has 0 radical (unpaired) electrons. The first kappa shape index (κ1) is 8.52. The maximum atomic E-state index is 6.06. The van der Waals surface area contributed by atoms with Crippen LogP contribution in [0.25, 0.3) is 0 Å². The van der Waals surface area contributed by atoms with Crippen LogP contribution in [-0.4, -0.2) is 17.1 Å². The molecule has 3 N–H and O–H groups in total. The standard InChI is InChI=1S/C10H20N2/c1-9-4-3-5-10(2,12-9)7-8(11)6-9/h8,12H,3-7,11H2,1-2H3/t8-,9-,10+. The van der Waals surface area contributed by atoms with Crippen LogP contribution in [0, 0.1) is 0 Å². The molecule has 70 valence electrons. The van der Waals surface area contributed by atoms with E-state index in [9.17, 15) is 0 Å². The lowest BCUT2D eigenvalue weighted by atomic mass is 9.69. The third-order valence-electron chi connectivity index (χ3n) is 3.49. The van der Waals surface area contributed by atoms with Crippen molar-refractivity contribution < 1.29 is 0 Å². The molecule has 2 aliphatic heterocycles. The van der Waals surface area contributed by atoms with Crippen LogP contribution in [0.2, 0.25) is 0 Å². The molecule has 0 amide bonds. The van der Waals surface area contributed by atoms with Crippen molar-refractivity contribution in [1.82, 2.24) is 5.32 Å². The van der Waals surface area contributed by atoms with Gasteiger partial charge in [0, 0.05) is 17.1 Å². The number of nitrogens with one attached hydrogen (secondary N) is 1. The summed E-state index contributed by atoms with van der Waals surface area (Å²) in [5, 5.41) is 3.76. The summed E-state index contributed by atoms with van der Waals surface area (Å²) >= 11 is 0. The summed E-state index contributed by atoms with van der Waals surface area (Å²) in [7, 11) is 0. The molecule has 2 bridgehead atoms. The van der Waals surface area contributed by atoms with Crippen molar-refractivity contribution in [2.45, 2.75) is 63.1 Å². The van der Waals surface area contributed by atoms with Gasteiger partial charge in [-0.2, -0.15) is 0 Å². The molecule has 12 heavy (non-hydrogen) atoms. The van der Waals surface area contributed by atoms with Gasteiger partial charge in [-0.1, -0.05) is 0 Å². The van der Waals surface area contributed by atoms with Crippen LogP contribution in [0.3, 0.4) is 0 Å². The highest BCUT2D eigenvalue weighted by molar-refractivity contribution is 5.05. The van der Waals surface area contributed by atoms with E-state index < -0.39 is 0 Å². The summed E-state index contributed by atoms with van der Waals surface area (Å²) in [5.74, 6) is 0. The first-order valence-electron chi connectivity index (χ1n) is 5.06. The Morgan fingerprint density at radius 2 is 1.67 bits per heavy atom. The molecular weight excluding hydrogens is 148 g/mol. The third kappa shape index (κ3) is 1.38. The molecule has 0 aromatic carbocycles. The Balaban J connectivity index is 2.19. The van der Waals surface area contributed by atoms with Gasteiger partial charge in [0.15, 0.2) is 0 Å². The molecule has 0 aromatic heterocycles. The van der Waals surface area contributed by atoms with E-state index in [-0.39, 0.29) is 0 Å². The SMILES string of the molecule is C[C@]12CCC[C@](C)(C[C@@H](N)C1)N2. The van der Waals surface area contributed by atoms with Gasteiger partial charge < -0.3 is 11.1 Å². The number of fused-ring (bicyclic) bond motifs is 2. The number of nitrogens with two attached hydrogens (primary N) is 1. The van der Waals surface area contributed by atoms with Gasteiger partial charge in [-0.3, -0.25) is 0 Å². The van der Waals surface area contributed by atoms with E-state index in [2.05, 4.69) is 19.2 Å². The topological polar surface area (TPSA) is 38.0 Å². The Hall–Kier alpha value is -0.0800. The van der Waals surface area contributed by atoms with E-state index in [1.54, 1.807) is 0 Å². The molecular formula is C10H20N2. The third-order valence-corrected chi connectivity index (χ3v) is 3.49. The highest BCUT2D eigenvalue weighted by Crippen LogP contribution is 2.38. The highest BCUT2D eigenvalue weighted by Gasteiger charge is 2.44. The van der Waals surface area contributed by atoms with E-state index in [0.29, 0.717) is 17.1 Å². The summed E-state index contributed by atoms with van der Waals surface area (Å²) in [4.78, 5) is 0. The predicted octanol–water partition coefficient (Wildman–Crippen LogP) is 1.40. The van der Waals surface area contributed by atoms with E-state index >= 15 is 0 Å². The average molecular weight is 168 g/mol. The Bertz CT molecular complexity index is 174. The van der Waals surface area contributed by atoms with Crippen molar-refractivity contribution in [2.75, 3.05) is 0 Å². The van der Waals surface area contributed by atoms with Crippen LogP contribution in [-0.2, 0) is 0 Å². The molecule has 2 nitrogen and oxygen atoms in total. The fourth-order valence-corrected chi connectivity index (χ4v) is 3.26. The lowest BCUT2D eigenvalue weighted by Gasteiger charge is -2.53. The van der Waals surface area contributed by atoms with Gasteiger partial charge in [-0.05, 0) is 46.0 Å². The minimum atomic E-state index is 0.338. The number of hydrogen-bond acceptors (Lipinski definition) is 2. The Kier molecular flexibility index (Phi) is 1.74. The minimum absolute atomic E-state index is 0.338. The molecule has 3 atom stereocenters. The van der Waals surface area contributed by atoms with Gasteiger partial charge in [0.1, 0.15) is 0 Å². The van der Waals surface area contributed by atoms with Gasteiger partial charge in [-0.15, -0.1) is 0 Å². The van der Waals surface area contributed by atoms with E-state index in [1.165, 1.54) is 19.3 Å². The second-order valence-corrected chi connectivity index (χ2v) is 5.27. The van der Waals surface area contributed by atoms with Crippen molar-refractivity contribution in [1.29, 1.82) is 0 Å². The predicted molar refractivity (Wildman–Crippen MR) is 51.0 cm³/mol. The summed E-state index contributed by atoms with van der Waals surface area (Å²) < 4.78 is 0. The van der Waals surface area contributed by atoms with Gasteiger partial charge in [-0.25, -0.2) is 0 Å². The normalized spacial score (nSPS) is 53.8. The quantitative estimate of drug-likeness (QED) is 0.574. The summed E-state index contributed by atoms with van der Waals surface area (Å²) in [6, 6.07) is 0.418.